The summed E-state index contributed by atoms with van der Waals surface area (Å²) in [6.07, 6.45) is -0.0396. The molecule has 2 amide bonds. The third-order valence-corrected chi connectivity index (χ3v) is 1.52. The summed E-state index contributed by atoms with van der Waals surface area (Å²) in [7, 11) is 0. The Morgan fingerprint density at radius 2 is 1.85 bits per heavy atom. The first-order valence-electron chi connectivity index (χ1n) is 4.24. The Hall–Kier alpha value is -1.10. The molecule has 0 saturated carbocycles. The number of hydrogen-bond donors (Lipinski definition) is 3. The summed E-state index contributed by atoms with van der Waals surface area (Å²) < 4.78 is 0. The third-order valence-electron chi connectivity index (χ3n) is 1.52. The van der Waals surface area contributed by atoms with Gasteiger partial charge in [0.2, 0.25) is 11.8 Å². The van der Waals surface area contributed by atoms with E-state index in [0.717, 1.165) is 0 Å². The van der Waals surface area contributed by atoms with Crippen LogP contribution in [0.25, 0.3) is 0 Å². The van der Waals surface area contributed by atoms with E-state index >= 15 is 0 Å². The lowest BCUT2D eigenvalue weighted by atomic mass is 10.1. The number of primary amides is 2. The molecule has 0 aliphatic carbocycles. The van der Waals surface area contributed by atoms with Gasteiger partial charge in [-0.25, -0.2) is 0 Å². The normalized spacial score (nSPS) is 12.8. The molecule has 0 aromatic carbocycles. The maximum Gasteiger partial charge on any atom is 0.235 e. The number of nitrogens with one attached hydrogen (secondary N) is 1. The maximum absolute atomic E-state index is 10.8. The fourth-order valence-electron chi connectivity index (χ4n) is 0.852. The first kappa shape index (κ1) is 11.9. The summed E-state index contributed by atoms with van der Waals surface area (Å²) in [5.74, 6) is -0.672. The zero-order valence-corrected chi connectivity index (χ0v) is 8.04. The maximum atomic E-state index is 10.8. The molecule has 1 atom stereocenters. The van der Waals surface area contributed by atoms with Gasteiger partial charge in [-0.2, -0.15) is 0 Å². The highest BCUT2D eigenvalue weighted by Gasteiger charge is 2.17. The number of nitrogens with two attached hydrogens (primary N) is 2. The van der Waals surface area contributed by atoms with Gasteiger partial charge in [0.15, 0.2) is 0 Å². The third kappa shape index (κ3) is 6.10. The smallest absolute Gasteiger partial charge is 0.235 e. The Labute approximate surface area is 77.8 Å². The Bertz CT molecular complexity index is 192. The Balaban J connectivity index is 3.95. The van der Waals surface area contributed by atoms with Crippen molar-refractivity contribution in [2.45, 2.75) is 26.3 Å². The predicted molar refractivity (Wildman–Crippen MR) is 49.6 cm³/mol. The van der Waals surface area contributed by atoms with Crippen LogP contribution < -0.4 is 16.8 Å². The monoisotopic (exact) mass is 187 g/mol. The van der Waals surface area contributed by atoms with Crippen molar-refractivity contribution in [2.24, 2.45) is 17.4 Å². The lowest BCUT2D eigenvalue weighted by molar-refractivity contribution is -0.125. The molecule has 0 fully saturated rings. The van der Waals surface area contributed by atoms with Gasteiger partial charge in [-0.15, -0.1) is 0 Å². The Morgan fingerprint density at radius 3 is 2.15 bits per heavy atom. The van der Waals surface area contributed by atoms with E-state index in [4.69, 9.17) is 11.5 Å². The van der Waals surface area contributed by atoms with Crippen molar-refractivity contribution in [3.05, 3.63) is 0 Å². The molecule has 0 spiro atoms. The van der Waals surface area contributed by atoms with Crippen molar-refractivity contribution in [2.75, 3.05) is 6.54 Å². The molecule has 0 aliphatic rings. The molecular formula is C8H17N3O2. The van der Waals surface area contributed by atoms with E-state index in [9.17, 15) is 9.59 Å². The Kier molecular flexibility index (Phi) is 5.06. The van der Waals surface area contributed by atoms with Crippen molar-refractivity contribution in [3.8, 4) is 0 Å². The average Bonchev–Trinajstić information content (AvgIpc) is 1.96. The van der Waals surface area contributed by atoms with Gasteiger partial charge in [0.05, 0.1) is 12.5 Å². The van der Waals surface area contributed by atoms with Crippen LogP contribution in [0.15, 0.2) is 0 Å². The van der Waals surface area contributed by atoms with Crippen LogP contribution in [0, 0.1) is 5.92 Å². The van der Waals surface area contributed by atoms with E-state index in [1.54, 1.807) is 0 Å². The largest absolute Gasteiger partial charge is 0.370 e. The lowest BCUT2D eigenvalue weighted by Gasteiger charge is -2.14. The molecule has 0 heterocycles. The molecule has 0 aromatic rings. The van der Waals surface area contributed by atoms with E-state index in [1.807, 2.05) is 13.8 Å². The van der Waals surface area contributed by atoms with Crippen molar-refractivity contribution in [1.29, 1.82) is 0 Å². The van der Waals surface area contributed by atoms with Gasteiger partial charge in [-0.1, -0.05) is 13.8 Å². The van der Waals surface area contributed by atoms with Crippen LogP contribution in [0.1, 0.15) is 20.3 Å². The van der Waals surface area contributed by atoms with Crippen LogP contribution in [-0.4, -0.2) is 24.4 Å². The highest BCUT2D eigenvalue weighted by Crippen LogP contribution is 1.93. The van der Waals surface area contributed by atoms with Crippen LogP contribution in [0.3, 0.4) is 0 Å². The fourth-order valence-corrected chi connectivity index (χ4v) is 0.852. The van der Waals surface area contributed by atoms with Crippen LogP contribution in [0.4, 0.5) is 0 Å². The van der Waals surface area contributed by atoms with Crippen molar-refractivity contribution in [1.82, 2.24) is 5.32 Å². The molecule has 0 saturated heterocycles. The SMILES string of the molecule is CC(C)CN[C@@H](CC(N)=O)C(N)=O. The zero-order chi connectivity index (χ0) is 10.4. The summed E-state index contributed by atoms with van der Waals surface area (Å²) in [6.45, 7) is 4.63. The summed E-state index contributed by atoms with van der Waals surface area (Å²) in [6, 6.07) is -0.639. The predicted octanol–water partition coefficient (Wildman–Crippen LogP) is -1.04. The number of carbonyl (C=O) groups is 2. The lowest BCUT2D eigenvalue weighted by Crippen LogP contribution is -2.45. The summed E-state index contributed by atoms with van der Waals surface area (Å²) in [4.78, 5) is 21.3. The summed E-state index contributed by atoms with van der Waals surface area (Å²) >= 11 is 0. The summed E-state index contributed by atoms with van der Waals surface area (Å²) in [5.41, 5.74) is 10.0. The van der Waals surface area contributed by atoms with Crippen LogP contribution in [0.5, 0.6) is 0 Å². The second-order valence-corrected chi connectivity index (χ2v) is 3.43. The molecule has 0 bridgehead atoms. The number of carbonyl (C=O) groups excluding carboxylic acids is 2. The first-order chi connectivity index (χ1) is 5.93. The van der Waals surface area contributed by atoms with Crippen LogP contribution in [0.2, 0.25) is 0 Å². The van der Waals surface area contributed by atoms with E-state index in [-0.39, 0.29) is 6.42 Å². The van der Waals surface area contributed by atoms with Crippen LogP contribution >= 0.6 is 0 Å². The van der Waals surface area contributed by atoms with E-state index < -0.39 is 17.9 Å². The van der Waals surface area contributed by atoms with Gasteiger partial charge in [-0.3, -0.25) is 9.59 Å². The van der Waals surface area contributed by atoms with E-state index in [1.165, 1.54) is 0 Å². The second-order valence-electron chi connectivity index (χ2n) is 3.43. The van der Waals surface area contributed by atoms with Gasteiger partial charge in [-0.05, 0) is 12.5 Å². The number of rotatable bonds is 6. The minimum Gasteiger partial charge on any atom is -0.370 e. The molecule has 0 radical (unpaired) electrons. The topological polar surface area (TPSA) is 98.2 Å². The van der Waals surface area contributed by atoms with Crippen LogP contribution in [-0.2, 0) is 9.59 Å². The van der Waals surface area contributed by atoms with Gasteiger partial charge in [0.25, 0.3) is 0 Å². The molecule has 13 heavy (non-hydrogen) atoms. The van der Waals surface area contributed by atoms with Gasteiger partial charge >= 0.3 is 0 Å². The molecule has 5 nitrogen and oxygen atoms in total. The van der Waals surface area contributed by atoms with Gasteiger partial charge in [0.1, 0.15) is 0 Å². The molecular weight excluding hydrogens is 170 g/mol. The molecule has 0 rings (SSSR count). The quantitative estimate of drug-likeness (QED) is 0.495. The zero-order valence-electron chi connectivity index (χ0n) is 8.04. The van der Waals surface area contributed by atoms with Gasteiger partial charge < -0.3 is 16.8 Å². The molecule has 0 aliphatic heterocycles. The van der Waals surface area contributed by atoms with Gasteiger partial charge in [0, 0.05) is 0 Å². The second kappa shape index (κ2) is 5.53. The number of amides is 2. The standard InChI is InChI=1S/C8H17N3O2/c1-5(2)4-11-6(8(10)13)3-7(9)12/h5-6,11H,3-4H2,1-2H3,(H2,9,12)(H2,10,13)/t6-/m0/s1. The van der Waals surface area contributed by atoms with E-state index in [2.05, 4.69) is 5.32 Å². The molecule has 5 N–H and O–H groups in total. The highest BCUT2D eigenvalue weighted by molar-refractivity contribution is 5.86. The molecule has 76 valence electrons. The highest BCUT2D eigenvalue weighted by atomic mass is 16.2. The molecule has 0 unspecified atom stereocenters. The summed E-state index contributed by atoms with van der Waals surface area (Å²) in [5, 5.41) is 2.87. The number of hydrogen-bond acceptors (Lipinski definition) is 3. The minimum atomic E-state index is -0.639. The molecule has 5 heteroatoms. The van der Waals surface area contributed by atoms with E-state index in [0.29, 0.717) is 12.5 Å². The van der Waals surface area contributed by atoms with Crippen molar-refractivity contribution < 1.29 is 9.59 Å². The molecule has 0 aromatic heterocycles. The minimum absolute atomic E-state index is 0.0396. The first-order valence-corrected chi connectivity index (χ1v) is 4.24. The van der Waals surface area contributed by atoms with Crippen molar-refractivity contribution >= 4 is 11.8 Å². The van der Waals surface area contributed by atoms with Crippen molar-refractivity contribution in [3.63, 3.8) is 0 Å². The fraction of sp³-hybridized carbons (Fsp3) is 0.750. The Morgan fingerprint density at radius 1 is 1.31 bits per heavy atom. The average molecular weight is 187 g/mol.